The van der Waals surface area contributed by atoms with Gasteiger partial charge in [-0.3, -0.25) is 4.79 Å². The molecule has 1 unspecified atom stereocenters. The molecule has 1 aromatic carbocycles. The monoisotopic (exact) mass is 378 g/mol. The van der Waals surface area contributed by atoms with Gasteiger partial charge in [0.1, 0.15) is 0 Å². The van der Waals surface area contributed by atoms with Gasteiger partial charge in [-0.15, -0.1) is 0 Å². The Morgan fingerprint density at radius 1 is 1.53 bits per heavy atom. The summed E-state index contributed by atoms with van der Waals surface area (Å²) in [4.78, 5) is 12.2. The number of benzene rings is 1. The van der Waals surface area contributed by atoms with Crippen molar-refractivity contribution in [3.05, 3.63) is 27.1 Å². The van der Waals surface area contributed by atoms with Gasteiger partial charge in [0.2, 0.25) is 5.91 Å². The van der Waals surface area contributed by atoms with Crippen LogP contribution in [0.5, 0.6) is 0 Å². The van der Waals surface area contributed by atoms with E-state index < -0.39 is 5.92 Å². The van der Waals surface area contributed by atoms with Gasteiger partial charge in [0.05, 0.1) is 16.6 Å². The molecule has 0 saturated heterocycles. The lowest BCUT2D eigenvalue weighted by Crippen LogP contribution is -2.32. The standard InChI is InChI=1S/C11H12Br2N2OS/c1-2-7(10(14)17)11(16)15-9-5-6(12)3-4-8(9)13/h3-5,7H,2H2,1H3,(H2,14,17)(H,15,16). The second kappa shape index (κ2) is 6.47. The number of thiocarbonyl (C=S) groups is 1. The Bertz CT molecular complexity index is 451. The number of carbonyl (C=O) groups is 1. The number of carbonyl (C=O) groups excluding carboxylic acids is 1. The van der Waals surface area contributed by atoms with Gasteiger partial charge in [-0.1, -0.05) is 35.1 Å². The van der Waals surface area contributed by atoms with E-state index in [4.69, 9.17) is 18.0 Å². The first-order valence-electron chi connectivity index (χ1n) is 5.01. The third kappa shape index (κ3) is 4.04. The van der Waals surface area contributed by atoms with Crippen molar-refractivity contribution >= 4 is 60.7 Å². The predicted molar refractivity (Wildman–Crippen MR) is 81.0 cm³/mol. The summed E-state index contributed by atoms with van der Waals surface area (Å²) in [5.41, 5.74) is 6.21. The molecule has 0 aliphatic heterocycles. The molecule has 0 saturated carbocycles. The molecular formula is C11H12Br2N2OS. The first kappa shape index (κ1) is 14.6. The first-order chi connectivity index (χ1) is 7.95. The highest BCUT2D eigenvalue weighted by molar-refractivity contribution is 9.11. The zero-order valence-electron chi connectivity index (χ0n) is 9.17. The molecule has 0 aliphatic carbocycles. The molecule has 0 heterocycles. The normalized spacial score (nSPS) is 11.9. The van der Waals surface area contributed by atoms with Gasteiger partial charge in [0.15, 0.2) is 0 Å². The molecule has 0 aliphatic rings. The van der Waals surface area contributed by atoms with Gasteiger partial charge in [0.25, 0.3) is 0 Å². The number of amides is 1. The Morgan fingerprint density at radius 3 is 2.71 bits per heavy atom. The zero-order valence-corrected chi connectivity index (χ0v) is 13.2. The smallest absolute Gasteiger partial charge is 0.234 e. The molecule has 3 nitrogen and oxygen atoms in total. The van der Waals surface area contributed by atoms with Crippen molar-refractivity contribution in [1.82, 2.24) is 0 Å². The van der Waals surface area contributed by atoms with Crippen molar-refractivity contribution < 1.29 is 4.79 Å². The van der Waals surface area contributed by atoms with Crippen LogP contribution in [0.25, 0.3) is 0 Å². The van der Waals surface area contributed by atoms with Crippen LogP contribution in [0.2, 0.25) is 0 Å². The molecule has 0 spiro atoms. The number of anilines is 1. The lowest BCUT2D eigenvalue weighted by molar-refractivity contribution is -0.118. The Labute approximate surface area is 122 Å². The molecule has 0 fully saturated rings. The number of hydrogen-bond donors (Lipinski definition) is 2. The van der Waals surface area contributed by atoms with Crippen LogP contribution in [0, 0.1) is 5.92 Å². The molecule has 1 amide bonds. The Morgan fingerprint density at radius 2 is 2.18 bits per heavy atom. The second-order valence-electron chi connectivity index (χ2n) is 3.48. The molecule has 3 N–H and O–H groups in total. The van der Waals surface area contributed by atoms with Gasteiger partial charge < -0.3 is 11.1 Å². The van der Waals surface area contributed by atoms with E-state index >= 15 is 0 Å². The van der Waals surface area contributed by atoms with Gasteiger partial charge in [0, 0.05) is 8.95 Å². The van der Waals surface area contributed by atoms with E-state index in [9.17, 15) is 4.79 Å². The van der Waals surface area contributed by atoms with Crippen LogP contribution in [0.15, 0.2) is 27.1 Å². The average Bonchev–Trinajstić information content (AvgIpc) is 2.24. The maximum atomic E-state index is 11.9. The van der Waals surface area contributed by atoms with Crippen molar-refractivity contribution in [3.63, 3.8) is 0 Å². The Kier molecular flexibility index (Phi) is 5.55. The molecule has 1 rings (SSSR count). The second-order valence-corrected chi connectivity index (χ2v) is 5.72. The summed E-state index contributed by atoms with van der Waals surface area (Å²) in [5.74, 6) is -0.616. The minimum absolute atomic E-state index is 0.182. The van der Waals surface area contributed by atoms with Crippen LogP contribution in [-0.2, 0) is 4.79 Å². The van der Waals surface area contributed by atoms with Crippen LogP contribution < -0.4 is 11.1 Å². The Balaban J connectivity index is 2.87. The van der Waals surface area contributed by atoms with E-state index in [0.29, 0.717) is 12.1 Å². The fourth-order valence-corrected chi connectivity index (χ4v) is 2.31. The zero-order chi connectivity index (χ0) is 13.0. The molecule has 1 aromatic rings. The quantitative estimate of drug-likeness (QED) is 0.787. The molecule has 0 bridgehead atoms. The van der Waals surface area contributed by atoms with E-state index in [0.717, 1.165) is 8.95 Å². The summed E-state index contributed by atoms with van der Waals surface area (Å²) in [6.07, 6.45) is 0.590. The summed E-state index contributed by atoms with van der Waals surface area (Å²) in [6, 6.07) is 5.54. The van der Waals surface area contributed by atoms with Gasteiger partial charge in [-0.2, -0.15) is 0 Å². The van der Waals surface area contributed by atoms with Crippen LogP contribution in [-0.4, -0.2) is 10.9 Å². The van der Waals surface area contributed by atoms with Crippen LogP contribution >= 0.6 is 44.1 Å². The van der Waals surface area contributed by atoms with Gasteiger partial charge >= 0.3 is 0 Å². The summed E-state index contributed by atoms with van der Waals surface area (Å²) >= 11 is 11.6. The van der Waals surface area contributed by atoms with Crippen molar-refractivity contribution in [3.8, 4) is 0 Å². The van der Waals surface area contributed by atoms with Crippen LogP contribution in [0.4, 0.5) is 5.69 Å². The molecule has 0 radical (unpaired) electrons. The number of hydrogen-bond acceptors (Lipinski definition) is 2. The fourth-order valence-electron chi connectivity index (χ4n) is 1.33. The maximum absolute atomic E-state index is 11.9. The summed E-state index contributed by atoms with van der Waals surface area (Å²) in [7, 11) is 0. The summed E-state index contributed by atoms with van der Waals surface area (Å²) < 4.78 is 1.70. The number of nitrogens with two attached hydrogens (primary N) is 1. The summed E-state index contributed by atoms with van der Waals surface area (Å²) in [6.45, 7) is 1.87. The van der Waals surface area contributed by atoms with Crippen molar-refractivity contribution in [1.29, 1.82) is 0 Å². The van der Waals surface area contributed by atoms with Crippen molar-refractivity contribution in [2.75, 3.05) is 5.32 Å². The molecule has 0 aromatic heterocycles. The molecule has 17 heavy (non-hydrogen) atoms. The number of rotatable bonds is 4. The largest absolute Gasteiger partial charge is 0.393 e. The van der Waals surface area contributed by atoms with E-state index in [2.05, 4.69) is 37.2 Å². The minimum Gasteiger partial charge on any atom is -0.393 e. The lowest BCUT2D eigenvalue weighted by atomic mass is 10.1. The third-order valence-corrected chi connectivity index (χ3v) is 3.72. The molecular weight excluding hydrogens is 368 g/mol. The van der Waals surface area contributed by atoms with Crippen LogP contribution in [0.1, 0.15) is 13.3 Å². The predicted octanol–water partition coefficient (Wildman–Crippen LogP) is 3.46. The topological polar surface area (TPSA) is 55.1 Å². The van der Waals surface area contributed by atoms with Crippen molar-refractivity contribution in [2.45, 2.75) is 13.3 Å². The fraction of sp³-hybridized carbons (Fsp3) is 0.273. The highest BCUT2D eigenvalue weighted by atomic mass is 79.9. The van der Waals surface area contributed by atoms with Crippen LogP contribution in [0.3, 0.4) is 0 Å². The number of halogens is 2. The molecule has 6 heteroatoms. The SMILES string of the molecule is CCC(C(=O)Nc1cc(Br)ccc1Br)C(N)=S. The highest BCUT2D eigenvalue weighted by Crippen LogP contribution is 2.26. The third-order valence-electron chi connectivity index (χ3n) is 2.25. The average molecular weight is 380 g/mol. The van der Waals surface area contributed by atoms with Gasteiger partial charge in [-0.05, 0) is 40.5 Å². The summed E-state index contributed by atoms with van der Waals surface area (Å²) in [5, 5.41) is 2.80. The van der Waals surface area contributed by atoms with E-state index in [1.165, 1.54) is 0 Å². The molecule has 92 valence electrons. The van der Waals surface area contributed by atoms with Crippen molar-refractivity contribution in [2.24, 2.45) is 11.7 Å². The highest BCUT2D eigenvalue weighted by Gasteiger charge is 2.19. The maximum Gasteiger partial charge on any atom is 0.234 e. The minimum atomic E-state index is -0.434. The van der Waals surface area contributed by atoms with E-state index in [1.807, 2.05) is 25.1 Å². The first-order valence-corrected chi connectivity index (χ1v) is 7.00. The molecule has 1 atom stereocenters. The van der Waals surface area contributed by atoms with E-state index in [1.54, 1.807) is 0 Å². The van der Waals surface area contributed by atoms with E-state index in [-0.39, 0.29) is 10.9 Å². The number of nitrogens with one attached hydrogen (secondary N) is 1. The lowest BCUT2D eigenvalue weighted by Gasteiger charge is -2.14. The Hall–Kier alpha value is -0.460. The van der Waals surface area contributed by atoms with Gasteiger partial charge in [-0.25, -0.2) is 0 Å².